The molecule has 0 radical (unpaired) electrons. The van der Waals surface area contributed by atoms with Crippen LogP contribution >= 0.6 is 0 Å². The maximum Gasteiger partial charge on any atom is 0.329 e. The molecule has 0 bridgehead atoms. The predicted molar refractivity (Wildman–Crippen MR) is 84.6 cm³/mol. The van der Waals surface area contributed by atoms with Gasteiger partial charge < -0.3 is 14.2 Å². The number of carbonyl (C=O) groups excluding carboxylic acids is 1. The summed E-state index contributed by atoms with van der Waals surface area (Å²) in [6.45, 7) is 3.43. The second kappa shape index (κ2) is 6.11. The molecule has 6 heteroatoms. The third-order valence-corrected chi connectivity index (χ3v) is 5.17. The van der Waals surface area contributed by atoms with Crippen LogP contribution < -0.4 is 0 Å². The van der Waals surface area contributed by atoms with Crippen molar-refractivity contribution in [3.05, 3.63) is 35.9 Å². The van der Waals surface area contributed by atoms with Crippen LogP contribution in [0.4, 0.5) is 0 Å². The Balaban J connectivity index is 1.55. The zero-order valence-electron chi connectivity index (χ0n) is 13.9. The molecule has 1 aromatic rings. The Morgan fingerprint density at radius 3 is 2.67 bits per heavy atom. The lowest BCUT2D eigenvalue weighted by molar-refractivity contribution is -0.160. The largest absolute Gasteiger partial charge is 0.465 e. The summed E-state index contributed by atoms with van der Waals surface area (Å²) < 4.78 is 16.4. The van der Waals surface area contributed by atoms with Gasteiger partial charge in [-0.1, -0.05) is 30.3 Å². The Kier molecular flexibility index (Phi) is 4.08. The van der Waals surface area contributed by atoms with Crippen molar-refractivity contribution in [1.82, 2.24) is 5.06 Å². The molecule has 0 spiro atoms. The molecule has 3 saturated heterocycles. The number of hydroxylamine groups is 2. The lowest BCUT2D eigenvalue weighted by atomic mass is 9.90. The molecule has 0 N–H and O–H groups in total. The Labute approximate surface area is 141 Å². The summed E-state index contributed by atoms with van der Waals surface area (Å²) >= 11 is 0. The number of ether oxygens (including phenoxy) is 3. The number of hydrogen-bond donors (Lipinski definition) is 0. The monoisotopic (exact) mass is 333 g/mol. The fourth-order valence-electron chi connectivity index (χ4n) is 3.91. The van der Waals surface area contributed by atoms with Gasteiger partial charge in [0.2, 0.25) is 0 Å². The number of nitrogens with zero attached hydrogens (tertiary/aromatic N) is 1. The van der Waals surface area contributed by atoms with Crippen molar-refractivity contribution in [2.45, 2.75) is 50.2 Å². The first-order valence-electron chi connectivity index (χ1n) is 8.67. The third-order valence-electron chi connectivity index (χ3n) is 5.17. The van der Waals surface area contributed by atoms with E-state index in [9.17, 15) is 4.79 Å². The molecule has 130 valence electrons. The van der Waals surface area contributed by atoms with Crippen LogP contribution in [-0.4, -0.2) is 42.7 Å². The molecule has 0 aromatic heterocycles. The van der Waals surface area contributed by atoms with Crippen LogP contribution in [0.25, 0.3) is 0 Å². The normalized spacial score (nSPS) is 35.0. The molecule has 0 aliphatic carbocycles. The summed E-state index contributed by atoms with van der Waals surface area (Å²) in [5.74, 6) is -0.210. The fraction of sp³-hybridized carbons (Fsp3) is 0.611. The first-order valence-corrected chi connectivity index (χ1v) is 8.67. The molecule has 4 rings (SSSR count). The summed E-state index contributed by atoms with van der Waals surface area (Å²) in [6, 6.07) is 10.1. The van der Waals surface area contributed by atoms with Crippen molar-refractivity contribution >= 4 is 5.97 Å². The number of esters is 1. The summed E-state index contributed by atoms with van der Waals surface area (Å²) in [5.41, 5.74) is -0.142. The highest BCUT2D eigenvalue weighted by Crippen LogP contribution is 2.61. The maximum absolute atomic E-state index is 12.8. The molecule has 3 aliphatic rings. The van der Waals surface area contributed by atoms with Crippen molar-refractivity contribution in [3.63, 3.8) is 0 Å². The maximum atomic E-state index is 12.8. The van der Waals surface area contributed by atoms with E-state index in [0.29, 0.717) is 39.1 Å². The molecular formula is C18H23NO5. The number of carbonyl (C=O) groups is 1. The molecule has 6 nitrogen and oxygen atoms in total. The predicted octanol–water partition coefficient (Wildman–Crippen LogP) is 2.34. The van der Waals surface area contributed by atoms with Gasteiger partial charge in [0.1, 0.15) is 5.54 Å². The zero-order chi connectivity index (χ0) is 16.6. The number of rotatable bonds is 6. The van der Waals surface area contributed by atoms with Crippen LogP contribution in [0.1, 0.15) is 38.2 Å². The van der Waals surface area contributed by atoms with Crippen molar-refractivity contribution in [2.24, 2.45) is 0 Å². The van der Waals surface area contributed by atoms with Gasteiger partial charge in [-0.2, -0.15) is 0 Å². The minimum Gasteiger partial charge on any atom is -0.465 e. The van der Waals surface area contributed by atoms with E-state index < -0.39 is 11.3 Å². The number of fused-ring (bicyclic) bond motifs is 1. The van der Waals surface area contributed by atoms with Crippen LogP contribution in [0.2, 0.25) is 0 Å². The van der Waals surface area contributed by atoms with E-state index in [1.807, 2.05) is 42.3 Å². The summed E-state index contributed by atoms with van der Waals surface area (Å²) in [6.07, 6.45) is 2.52. The van der Waals surface area contributed by atoms with Gasteiger partial charge in [0.05, 0.1) is 19.8 Å². The number of benzene rings is 1. The molecule has 24 heavy (non-hydrogen) atoms. The van der Waals surface area contributed by atoms with Gasteiger partial charge in [0, 0.05) is 18.4 Å². The summed E-state index contributed by atoms with van der Waals surface area (Å²) in [7, 11) is 0. The van der Waals surface area contributed by atoms with Gasteiger partial charge in [-0.25, -0.2) is 4.79 Å². The molecule has 1 unspecified atom stereocenters. The molecule has 3 fully saturated rings. The van der Waals surface area contributed by atoms with Crippen molar-refractivity contribution < 1.29 is 23.8 Å². The molecule has 1 aromatic carbocycles. The van der Waals surface area contributed by atoms with Gasteiger partial charge >= 0.3 is 5.97 Å². The SMILES string of the molecule is CCOC(=O)[C@]1(CCC2OCCO2)CC[C@@]2(c3ccccc3)ON12. The minimum atomic E-state index is -0.749. The van der Waals surface area contributed by atoms with E-state index in [1.165, 1.54) is 0 Å². The van der Waals surface area contributed by atoms with E-state index >= 15 is 0 Å². The average Bonchev–Trinajstić information content (AvgIpc) is 2.99. The fourth-order valence-corrected chi connectivity index (χ4v) is 3.91. The van der Waals surface area contributed by atoms with E-state index in [2.05, 4.69) is 0 Å². The van der Waals surface area contributed by atoms with Crippen LogP contribution in [0.3, 0.4) is 0 Å². The van der Waals surface area contributed by atoms with Gasteiger partial charge in [0.15, 0.2) is 12.0 Å². The van der Waals surface area contributed by atoms with Crippen LogP contribution in [0.15, 0.2) is 30.3 Å². The molecule has 0 amide bonds. The highest BCUT2D eigenvalue weighted by Gasteiger charge is 2.73. The van der Waals surface area contributed by atoms with Crippen LogP contribution in [0.5, 0.6) is 0 Å². The lowest BCUT2D eigenvalue weighted by Crippen LogP contribution is -2.46. The first-order chi connectivity index (χ1) is 11.7. The highest BCUT2D eigenvalue weighted by molar-refractivity contribution is 5.82. The standard InChI is InChI=1S/C18H23NO5/c1-2-21-16(20)17(9-8-15-22-12-13-23-15)10-11-18(19(17)24-18)14-6-4-3-5-7-14/h3-7,15H,2,8-13H2,1H3/t17-,18-,19?/m0/s1. The third kappa shape index (κ3) is 2.45. The average molecular weight is 333 g/mol. The summed E-state index contributed by atoms with van der Waals surface area (Å²) in [4.78, 5) is 18.7. The van der Waals surface area contributed by atoms with Crippen LogP contribution in [0, 0.1) is 0 Å². The van der Waals surface area contributed by atoms with Crippen molar-refractivity contribution in [1.29, 1.82) is 0 Å². The van der Waals surface area contributed by atoms with E-state index in [-0.39, 0.29) is 12.3 Å². The van der Waals surface area contributed by atoms with Gasteiger partial charge in [-0.05, 0) is 19.8 Å². The summed E-state index contributed by atoms with van der Waals surface area (Å²) in [5, 5.41) is 1.85. The Morgan fingerprint density at radius 2 is 2.00 bits per heavy atom. The van der Waals surface area contributed by atoms with Gasteiger partial charge in [-0.3, -0.25) is 4.84 Å². The molecule has 3 heterocycles. The molecule has 3 atom stereocenters. The van der Waals surface area contributed by atoms with Crippen LogP contribution in [-0.2, 0) is 29.6 Å². The first kappa shape index (κ1) is 16.0. The van der Waals surface area contributed by atoms with Crippen molar-refractivity contribution in [3.8, 4) is 0 Å². The second-order valence-corrected chi connectivity index (χ2v) is 6.50. The smallest absolute Gasteiger partial charge is 0.329 e. The van der Waals surface area contributed by atoms with E-state index in [4.69, 9.17) is 19.0 Å². The van der Waals surface area contributed by atoms with Gasteiger partial charge in [-0.15, -0.1) is 5.06 Å². The number of hydrogen-bond acceptors (Lipinski definition) is 6. The van der Waals surface area contributed by atoms with Gasteiger partial charge in [0.25, 0.3) is 0 Å². The molecule has 0 saturated carbocycles. The topological polar surface area (TPSA) is 60.3 Å². The second-order valence-electron chi connectivity index (χ2n) is 6.50. The van der Waals surface area contributed by atoms with Crippen molar-refractivity contribution in [2.75, 3.05) is 19.8 Å². The molecular weight excluding hydrogens is 310 g/mol. The minimum absolute atomic E-state index is 0.210. The Hall–Kier alpha value is -1.47. The van der Waals surface area contributed by atoms with E-state index in [0.717, 1.165) is 12.0 Å². The Morgan fingerprint density at radius 1 is 1.25 bits per heavy atom. The van der Waals surface area contributed by atoms with E-state index in [1.54, 1.807) is 0 Å². The quantitative estimate of drug-likeness (QED) is 0.588. The Bertz CT molecular complexity index is 603. The zero-order valence-corrected chi connectivity index (χ0v) is 13.9. The lowest BCUT2D eigenvalue weighted by Gasteiger charge is -2.28. The molecule has 3 aliphatic heterocycles. The highest BCUT2D eigenvalue weighted by atomic mass is 16.9.